The fraction of sp³-hybridized carbons (Fsp3) is 0.464. The van der Waals surface area contributed by atoms with Gasteiger partial charge in [0, 0.05) is 31.5 Å². The number of alkyl carbamates (subject to hydrolysis) is 1. The normalized spacial score (nSPS) is 13.0. The maximum absolute atomic E-state index is 12.4. The Balaban J connectivity index is 1.31. The predicted molar refractivity (Wildman–Crippen MR) is 135 cm³/mol. The standard InChI is InChI=1S/C28H36N2O5/c1-3-30(20(2)18-27(32)33)26(31)16-6-4-5-11-17-29-28(34)35-19-25-23-14-9-7-12-21(23)22-13-8-10-15-24(22)25/h7-10,12-15,20,25H,3-6,11,16-19H2,1-2H3,(H,29,34)(H,32,33). The van der Waals surface area contributed by atoms with Gasteiger partial charge in [0.25, 0.3) is 0 Å². The number of aliphatic carboxylic acids is 1. The van der Waals surface area contributed by atoms with E-state index in [-0.39, 0.29) is 24.3 Å². The van der Waals surface area contributed by atoms with Crippen LogP contribution in [0.3, 0.4) is 0 Å². The molecule has 2 aromatic rings. The van der Waals surface area contributed by atoms with Crippen LogP contribution in [-0.4, -0.2) is 53.7 Å². The summed E-state index contributed by atoms with van der Waals surface area (Å²) in [5, 5.41) is 11.8. The van der Waals surface area contributed by atoms with Gasteiger partial charge in [0.1, 0.15) is 6.61 Å². The molecule has 0 saturated heterocycles. The monoisotopic (exact) mass is 480 g/mol. The Kier molecular flexibility index (Phi) is 9.70. The molecule has 0 radical (unpaired) electrons. The summed E-state index contributed by atoms with van der Waals surface area (Å²) in [7, 11) is 0. The lowest BCUT2D eigenvalue weighted by atomic mass is 9.98. The highest BCUT2D eigenvalue weighted by molar-refractivity contribution is 5.79. The van der Waals surface area contributed by atoms with Crippen LogP contribution in [0.4, 0.5) is 4.79 Å². The van der Waals surface area contributed by atoms with E-state index in [4.69, 9.17) is 9.84 Å². The van der Waals surface area contributed by atoms with Crippen molar-refractivity contribution in [1.82, 2.24) is 10.2 Å². The van der Waals surface area contributed by atoms with E-state index in [9.17, 15) is 14.4 Å². The molecule has 1 aliphatic carbocycles. The van der Waals surface area contributed by atoms with Gasteiger partial charge < -0.3 is 20.1 Å². The first-order valence-electron chi connectivity index (χ1n) is 12.5. The van der Waals surface area contributed by atoms with E-state index >= 15 is 0 Å². The number of carboxylic acid groups (broad SMARTS) is 1. The molecule has 3 rings (SSSR count). The SMILES string of the molecule is CCN(C(=O)CCCCCCNC(=O)OCC1c2ccccc2-c2ccccc21)C(C)CC(=O)O. The summed E-state index contributed by atoms with van der Waals surface area (Å²) in [6.45, 7) is 4.98. The van der Waals surface area contributed by atoms with Crippen molar-refractivity contribution in [2.75, 3.05) is 19.7 Å². The minimum Gasteiger partial charge on any atom is -0.481 e. The number of unbranched alkanes of at least 4 members (excludes halogenated alkanes) is 3. The number of carboxylic acids is 1. The number of nitrogens with one attached hydrogen (secondary N) is 1. The maximum atomic E-state index is 12.4. The first-order valence-corrected chi connectivity index (χ1v) is 12.5. The molecule has 1 aliphatic rings. The molecule has 0 aromatic heterocycles. The lowest BCUT2D eigenvalue weighted by Gasteiger charge is -2.27. The summed E-state index contributed by atoms with van der Waals surface area (Å²) in [6, 6.07) is 16.2. The molecule has 188 valence electrons. The molecule has 2 aromatic carbocycles. The number of carbonyl (C=O) groups excluding carboxylic acids is 2. The van der Waals surface area contributed by atoms with Crippen molar-refractivity contribution >= 4 is 18.0 Å². The van der Waals surface area contributed by atoms with Crippen LogP contribution in [0.5, 0.6) is 0 Å². The highest BCUT2D eigenvalue weighted by atomic mass is 16.5. The second-order valence-electron chi connectivity index (χ2n) is 9.04. The number of ether oxygens (including phenoxy) is 1. The number of amides is 2. The van der Waals surface area contributed by atoms with Crippen molar-refractivity contribution in [3.63, 3.8) is 0 Å². The smallest absolute Gasteiger partial charge is 0.407 e. The predicted octanol–water partition coefficient (Wildman–Crippen LogP) is 5.19. The van der Waals surface area contributed by atoms with Crippen molar-refractivity contribution in [2.24, 2.45) is 0 Å². The van der Waals surface area contributed by atoms with E-state index in [0.717, 1.165) is 25.7 Å². The second kappa shape index (κ2) is 12.9. The highest BCUT2D eigenvalue weighted by Gasteiger charge is 2.29. The minimum absolute atomic E-state index is 0.00184. The molecule has 0 heterocycles. The topological polar surface area (TPSA) is 95.9 Å². The van der Waals surface area contributed by atoms with E-state index < -0.39 is 12.1 Å². The quantitative estimate of drug-likeness (QED) is 0.385. The zero-order valence-electron chi connectivity index (χ0n) is 20.7. The number of hydrogen-bond acceptors (Lipinski definition) is 4. The highest BCUT2D eigenvalue weighted by Crippen LogP contribution is 2.44. The van der Waals surface area contributed by atoms with Gasteiger partial charge in [-0.15, -0.1) is 0 Å². The maximum Gasteiger partial charge on any atom is 0.407 e. The summed E-state index contributed by atoms with van der Waals surface area (Å²) in [4.78, 5) is 37.1. The van der Waals surface area contributed by atoms with E-state index in [2.05, 4.69) is 29.6 Å². The van der Waals surface area contributed by atoms with Crippen LogP contribution in [0.25, 0.3) is 11.1 Å². The van der Waals surface area contributed by atoms with Crippen molar-refractivity contribution in [3.8, 4) is 11.1 Å². The third-order valence-electron chi connectivity index (χ3n) is 6.59. The van der Waals surface area contributed by atoms with Gasteiger partial charge in [0.2, 0.25) is 5.91 Å². The molecular weight excluding hydrogens is 444 g/mol. The Morgan fingerprint density at radius 3 is 2.17 bits per heavy atom. The summed E-state index contributed by atoms with van der Waals surface area (Å²) >= 11 is 0. The third-order valence-corrected chi connectivity index (χ3v) is 6.59. The van der Waals surface area contributed by atoms with Crippen molar-refractivity contribution in [3.05, 3.63) is 59.7 Å². The largest absolute Gasteiger partial charge is 0.481 e. The number of benzene rings is 2. The molecule has 7 heteroatoms. The summed E-state index contributed by atoms with van der Waals surface area (Å²) < 4.78 is 5.55. The number of nitrogens with zero attached hydrogens (tertiary/aromatic N) is 1. The van der Waals surface area contributed by atoms with Crippen LogP contribution in [0.1, 0.15) is 69.4 Å². The van der Waals surface area contributed by atoms with Gasteiger partial charge in [0.15, 0.2) is 0 Å². The summed E-state index contributed by atoms with van der Waals surface area (Å²) in [5.41, 5.74) is 4.79. The molecule has 2 amide bonds. The lowest BCUT2D eigenvalue weighted by molar-refractivity contribution is -0.140. The molecule has 35 heavy (non-hydrogen) atoms. The lowest BCUT2D eigenvalue weighted by Crippen LogP contribution is -2.39. The van der Waals surface area contributed by atoms with Gasteiger partial charge in [-0.25, -0.2) is 4.79 Å². The Morgan fingerprint density at radius 2 is 1.57 bits per heavy atom. The van der Waals surface area contributed by atoms with Crippen LogP contribution < -0.4 is 5.32 Å². The summed E-state index contributed by atoms with van der Waals surface area (Å²) in [6.07, 6.45) is 3.30. The molecule has 0 fully saturated rings. The van der Waals surface area contributed by atoms with Gasteiger partial charge in [0.05, 0.1) is 6.42 Å². The average Bonchev–Trinajstić information content (AvgIpc) is 3.16. The number of carbonyl (C=O) groups is 3. The van der Waals surface area contributed by atoms with Gasteiger partial charge in [-0.3, -0.25) is 9.59 Å². The van der Waals surface area contributed by atoms with E-state index in [1.165, 1.54) is 22.3 Å². The molecule has 0 spiro atoms. The number of fused-ring (bicyclic) bond motifs is 3. The van der Waals surface area contributed by atoms with Gasteiger partial charge in [-0.2, -0.15) is 0 Å². The van der Waals surface area contributed by atoms with Crippen molar-refractivity contribution < 1.29 is 24.2 Å². The van der Waals surface area contributed by atoms with Crippen molar-refractivity contribution in [1.29, 1.82) is 0 Å². The van der Waals surface area contributed by atoms with Gasteiger partial charge in [-0.05, 0) is 48.9 Å². The molecule has 1 unspecified atom stereocenters. The Bertz CT molecular complexity index is 976. The first-order chi connectivity index (χ1) is 16.9. The molecule has 0 saturated carbocycles. The van der Waals surface area contributed by atoms with Crippen LogP contribution >= 0.6 is 0 Å². The van der Waals surface area contributed by atoms with Gasteiger partial charge in [-0.1, -0.05) is 61.4 Å². The van der Waals surface area contributed by atoms with E-state index in [1.54, 1.807) is 11.8 Å². The molecule has 7 nitrogen and oxygen atoms in total. The third kappa shape index (κ3) is 7.07. The van der Waals surface area contributed by atoms with Crippen LogP contribution in [0.15, 0.2) is 48.5 Å². The number of hydrogen-bond donors (Lipinski definition) is 2. The van der Waals surface area contributed by atoms with Gasteiger partial charge >= 0.3 is 12.1 Å². The van der Waals surface area contributed by atoms with Crippen LogP contribution in [0, 0.1) is 0 Å². The minimum atomic E-state index is -0.896. The summed E-state index contributed by atoms with van der Waals surface area (Å²) in [5.74, 6) is -0.850. The zero-order valence-corrected chi connectivity index (χ0v) is 20.7. The second-order valence-corrected chi connectivity index (χ2v) is 9.04. The van der Waals surface area contributed by atoms with E-state index in [0.29, 0.717) is 26.1 Å². The fourth-order valence-electron chi connectivity index (χ4n) is 4.84. The Hall–Kier alpha value is -3.35. The average molecular weight is 481 g/mol. The molecular formula is C28H36N2O5. The first kappa shape index (κ1) is 26.3. The molecule has 0 bridgehead atoms. The number of rotatable bonds is 13. The molecule has 2 N–H and O–H groups in total. The molecule has 0 aliphatic heterocycles. The Morgan fingerprint density at radius 1 is 0.971 bits per heavy atom. The van der Waals surface area contributed by atoms with Crippen molar-refractivity contribution in [2.45, 2.75) is 64.3 Å². The van der Waals surface area contributed by atoms with Crippen LogP contribution in [-0.2, 0) is 14.3 Å². The Labute approximate surface area is 207 Å². The van der Waals surface area contributed by atoms with E-state index in [1.807, 2.05) is 31.2 Å². The molecule has 1 atom stereocenters. The fourth-order valence-corrected chi connectivity index (χ4v) is 4.84. The van der Waals surface area contributed by atoms with Crippen LogP contribution in [0.2, 0.25) is 0 Å². The zero-order chi connectivity index (χ0) is 25.2.